The summed E-state index contributed by atoms with van der Waals surface area (Å²) in [5, 5.41) is 45.1. The lowest BCUT2D eigenvalue weighted by molar-refractivity contribution is -0.158. The van der Waals surface area contributed by atoms with Crippen molar-refractivity contribution in [2.24, 2.45) is 29.6 Å². The van der Waals surface area contributed by atoms with Gasteiger partial charge in [0.25, 0.3) is 0 Å². The maximum atomic E-state index is 15.1. The summed E-state index contributed by atoms with van der Waals surface area (Å²) in [6, 6.07) is -13.6. The molecule has 25 nitrogen and oxygen atoms in total. The molecule has 0 aromatic heterocycles. The van der Waals surface area contributed by atoms with Gasteiger partial charge in [-0.25, -0.2) is 0 Å². The predicted molar refractivity (Wildman–Crippen MR) is 331 cm³/mol. The molecule has 498 valence electrons. The molecule has 1 saturated heterocycles. The Hall–Kier alpha value is -6.21. The van der Waals surface area contributed by atoms with E-state index in [0.29, 0.717) is 0 Å². The number of hydrogen-bond acceptors (Lipinski definition) is 14. The molecule has 0 aromatic rings. The number of nitrogens with zero attached hydrogens (tertiary/aromatic N) is 7. The molecule has 0 aromatic carbocycles. The van der Waals surface area contributed by atoms with Crippen LogP contribution in [0.3, 0.4) is 0 Å². The molecule has 25 heteroatoms. The number of carbonyl (C=O) groups excluding carboxylic acids is 11. The second-order valence-corrected chi connectivity index (χ2v) is 26.9. The van der Waals surface area contributed by atoms with Gasteiger partial charge >= 0.3 is 0 Å². The van der Waals surface area contributed by atoms with E-state index < -0.39 is 167 Å². The molecule has 1 aliphatic rings. The Morgan fingerprint density at radius 1 is 0.506 bits per heavy atom. The lowest BCUT2D eigenvalue weighted by Crippen LogP contribution is -2.63. The molecule has 0 unspecified atom stereocenters. The van der Waals surface area contributed by atoms with Crippen LogP contribution < -0.4 is 21.3 Å². The molecule has 11 amide bonds. The fourth-order valence-corrected chi connectivity index (χ4v) is 10.7. The highest BCUT2D eigenvalue weighted by molar-refractivity contribution is 5.99. The number of rotatable bonds is 15. The average molecular weight is 1230 g/mol. The van der Waals surface area contributed by atoms with Gasteiger partial charge in [-0.15, -0.1) is 0 Å². The van der Waals surface area contributed by atoms with Crippen LogP contribution in [0.25, 0.3) is 0 Å². The average Bonchev–Trinajstić information content (AvgIpc) is 2.29. The quantitative estimate of drug-likeness (QED) is 0.114. The van der Waals surface area contributed by atoms with Gasteiger partial charge in [0.1, 0.15) is 60.4 Å². The maximum Gasteiger partial charge on any atom is 0.246 e. The first-order valence-corrected chi connectivity index (χ1v) is 30.6. The molecule has 1 heterocycles. The minimum absolute atomic E-state index is 0.0287. The number of likely N-dealkylation sites (N-methyl/N-ethyl adjacent to an activating group) is 7. The smallest absolute Gasteiger partial charge is 0.246 e. The standard InChI is InChI=1S/C62H111N11O14/c1-25-27-28-38(11)50(75)49-54(79)65-41(26-2)56(81)67(18)33-46(74)68(19)44(31-61(14,15)86)53(78)66-47(36(7)8)59(84)69(20)42(29-34(3)4)52(77)63-39(12)51(76)64-40(13)55(80)71(22)45(32-62(16,17)87)58(83)70(21)43(30-35(5)6)57(82)72(23)48(37(9)10)60(85)73(49)24/h25,27,34-45,47-50,75,86-87H,26,28-33H2,1-24H3,(H,63,77)(H,64,76)(H,65,79)(H,66,78)/b27-25+/t38-,39+,40-,41+,42+,43+,44+,45+,47+,48+,49+,50-/m1/s1. The largest absolute Gasteiger partial charge is 0.390 e. The number of aliphatic hydroxyl groups is 3. The van der Waals surface area contributed by atoms with Gasteiger partial charge in [0.2, 0.25) is 65.0 Å². The second-order valence-electron chi connectivity index (χ2n) is 26.9. The number of nitrogens with one attached hydrogen (secondary N) is 4. The molecule has 0 radical (unpaired) electrons. The molecule has 1 fully saturated rings. The third-order valence-electron chi connectivity index (χ3n) is 16.1. The Morgan fingerprint density at radius 2 is 0.954 bits per heavy atom. The predicted octanol–water partition coefficient (Wildman–Crippen LogP) is 1.50. The van der Waals surface area contributed by atoms with Crippen LogP contribution in [0.2, 0.25) is 0 Å². The van der Waals surface area contributed by atoms with Gasteiger partial charge in [-0.2, -0.15) is 0 Å². The van der Waals surface area contributed by atoms with Crippen LogP contribution in [0.4, 0.5) is 0 Å². The highest BCUT2D eigenvalue weighted by Gasteiger charge is 2.46. The summed E-state index contributed by atoms with van der Waals surface area (Å²) in [6.07, 6.45) is 1.74. The van der Waals surface area contributed by atoms with Crippen molar-refractivity contribution in [1.82, 2.24) is 55.6 Å². The number of hydrogen-bond donors (Lipinski definition) is 7. The van der Waals surface area contributed by atoms with E-state index in [1.807, 2.05) is 27.7 Å². The van der Waals surface area contributed by atoms with Gasteiger partial charge in [0, 0.05) is 62.2 Å². The fraction of sp³-hybridized carbons (Fsp3) is 0.790. The van der Waals surface area contributed by atoms with Crippen LogP contribution in [0.1, 0.15) is 156 Å². The summed E-state index contributed by atoms with van der Waals surface area (Å²) in [7, 11) is 9.39. The van der Waals surface area contributed by atoms with Crippen LogP contribution in [0.5, 0.6) is 0 Å². The SMILES string of the molecule is C/C=C/C[C@@H](C)[C@@H](O)[C@H]1C(=O)N[C@@H](CC)C(=O)N(C)CC(=O)N(C)[C@@H](CC(C)(C)O)C(=O)N[C@@H](C(C)C)C(=O)N(C)[C@@H](CC(C)C)C(=O)N[C@@H](C)C(=O)N[C@H](C)C(=O)N(C)[C@@H](CC(C)(C)O)C(=O)N(C)[C@@H](CC(C)C)C(=O)N(C)[C@@H](C(C)C)C(=O)N1C. The van der Waals surface area contributed by atoms with Crippen molar-refractivity contribution in [2.45, 2.75) is 234 Å². The zero-order valence-corrected chi connectivity index (χ0v) is 56.8. The van der Waals surface area contributed by atoms with E-state index >= 15 is 9.59 Å². The first kappa shape index (κ1) is 78.8. The highest BCUT2D eigenvalue weighted by Crippen LogP contribution is 2.26. The van der Waals surface area contributed by atoms with Crippen molar-refractivity contribution >= 4 is 65.0 Å². The molecule has 0 bridgehead atoms. The molecule has 7 N–H and O–H groups in total. The molecular weight excluding hydrogens is 1120 g/mol. The normalized spacial score (nSPS) is 26.8. The van der Waals surface area contributed by atoms with Crippen molar-refractivity contribution in [3.8, 4) is 0 Å². The molecule has 87 heavy (non-hydrogen) atoms. The van der Waals surface area contributed by atoms with E-state index in [9.17, 15) is 58.5 Å². The fourth-order valence-electron chi connectivity index (χ4n) is 10.7. The van der Waals surface area contributed by atoms with Gasteiger partial charge in [0.05, 0.1) is 23.9 Å². The highest BCUT2D eigenvalue weighted by atomic mass is 16.3. The number of allylic oxidation sites excluding steroid dienone is 2. The van der Waals surface area contributed by atoms with Crippen molar-refractivity contribution in [3.05, 3.63) is 12.2 Å². The Bertz CT molecular complexity index is 2420. The van der Waals surface area contributed by atoms with E-state index in [1.54, 1.807) is 60.6 Å². The third kappa shape index (κ3) is 22.7. The molecule has 1 aliphatic heterocycles. The Balaban J connectivity index is 4.39. The van der Waals surface area contributed by atoms with Crippen molar-refractivity contribution in [3.63, 3.8) is 0 Å². The van der Waals surface area contributed by atoms with E-state index in [0.717, 1.165) is 19.6 Å². The Morgan fingerprint density at radius 3 is 1.43 bits per heavy atom. The summed E-state index contributed by atoms with van der Waals surface area (Å²) in [4.78, 5) is 168. The molecule has 12 atom stereocenters. The lowest BCUT2D eigenvalue weighted by Gasteiger charge is -2.42. The van der Waals surface area contributed by atoms with Crippen LogP contribution in [-0.2, 0) is 52.7 Å². The van der Waals surface area contributed by atoms with Crippen LogP contribution in [0.15, 0.2) is 12.2 Å². The number of aliphatic hydroxyl groups excluding tert-OH is 1. The van der Waals surface area contributed by atoms with E-state index in [1.165, 1.54) is 106 Å². The summed E-state index contributed by atoms with van der Waals surface area (Å²) >= 11 is 0. The summed E-state index contributed by atoms with van der Waals surface area (Å²) < 4.78 is 0. The zero-order valence-electron chi connectivity index (χ0n) is 56.8. The second kappa shape index (κ2) is 33.9. The van der Waals surface area contributed by atoms with Crippen molar-refractivity contribution in [1.29, 1.82) is 0 Å². The molecule has 0 spiro atoms. The first-order chi connectivity index (χ1) is 39.8. The first-order valence-electron chi connectivity index (χ1n) is 30.6. The monoisotopic (exact) mass is 1230 g/mol. The number of amides is 11. The topological polar surface area (TPSA) is 319 Å². The summed E-state index contributed by atoms with van der Waals surface area (Å²) in [5.41, 5.74) is -3.13. The van der Waals surface area contributed by atoms with E-state index in [4.69, 9.17) is 0 Å². The summed E-state index contributed by atoms with van der Waals surface area (Å²) in [5.74, 6) is -10.8. The van der Waals surface area contributed by atoms with Crippen LogP contribution in [0, 0.1) is 29.6 Å². The summed E-state index contributed by atoms with van der Waals surface area (Å²) in [6.45, 7) is 26.9. The van der Waals surface area contributed by atoms with Crippen molar-refractivity contribution in [2.75, 3.05) is 55.9 Å². The molecule has 0 aliphatic carbocycles. The zero-order chi connectivity index (χ0) is 67.8. The third-order valence-corrected chi connectivity index (χ3v) is 16.1. The van der Waals surface area contributed by atoms with E-state index in [-0.39, 0.29) is 50.4 Å². The van der Waals surface area contributed by atoms with Gasteiger partial charge in [0.15, 0.2) is 0 Å². The van der Waals surface area contributed by atoms with Gasteiger partial charge in [-0.1, -0.05) is 81.4 Å². The molecular formula is C62H111N11O14. The number of carbonyl (C=O) groups is 11. The van der Waals surface area contributed by atoms with Gasteiger partial charge < -0.3 is 70.9 Å². The van der Waals surface area contributed by atoms with Crippen LogP contribution >= 0.6 is 0 Å². The maximum absolute atomic E-state index is 15.1. The lowest BCUT2D eigenvalue weighted by atomic mass is 9.91. The van der Waals surface area contributed by atoms with Crippen molar-refractivity contribution < 1.29 is 68.1 Å². The van der Waals surface area contributed by atoms with E-state index in [2.05, 4.69) is 21.3 Å². The molecule has 1 rings (SSSR count). The Kier molecular flexibility index (Phi) is 30.8. The Labute approximate surface area is 518 Å². The minimum atomic E-state index is -1.66. The minimum Gasteiger partial charge on any atom is -0.390 e. The van der Waals surface area contributed by atoms with Gasteiger partial charge in [-0.3, -0.25) is 52.7 Å². The van der Waals surface area contributed by atoms with Crippen LogP contribution in [-0.4, -0.2) is 248 Å². The van der Waals surface area contributed by atoms with Gasteiger partial charge in [-0.05, 0) is 104 Å². The molecule has 0 saturated carbocycles.